The number of alkyl halides is 1. The van der Waals surface area contributed by atoms with Crippen LogP contribution in [0.3, 0.4) is 0 Å². The van der Waals surface area contributed by atoms with Gasteiger partial charge in [0.1, 0.15) is 17.7 Å². The van der Waals surface area contributed by atoms with Gasteiger partial charge in [0.2, 0.25) is 0 Å². The highest BCUT2D eigenvalue weighted by atomic mass is 32.3. The molecule has 40 heavy (non-hydrogen) atoms. The Morgan fingerprint density at radius 1 is 1.10 bits per heavy atom. The average molecular weight is 622 g/mol. The summed E-state index contributed by atoms with van der Waals surface area (Å²) in [5, 5.41) is 20.1. The second-order valence-corrected chi connectivity index (χ2v) is 16.3. The summed E-state index contributed by atoms with van der Waals surface area (Å²) in [5.41, 5.74) is 1.20. The Morgan fingerprint density at radius 3 is 2.50 bits per heavy atom. The molecule has 0 saturated heterocycles. The van der Waals surface area contributed by atoms with E-state index >= 15 is 4.39 Å². The number of nitrogens with zero attached hydrogens (tertiary/aromatic N) is 5. The smallest absolute Gasteiger partial charge is 0.185 e. The zero-order valence-electron chi connectivity index (χ0n) is 22.3. The molecule has 12 heteroatoms. The van der Waals surface area contributed by atoms with Crippen molar-refractivity contribution in [2.24, 2.45) is 5.41 Å². The van der Waals surface area contributed by atoms with E-state index in [0.717, 1.165) is 56.5 Å². The van der Waals surface area contributed by atoms with E-state index in [-0.39, 0.29) is 34.6 Å². The van der Waals surface area contributed by atoms with Gasteiger partial charge in [0.25, 0.3) is 0 Å². The molecule has 2 saturated carbocycles. The van der Waals surface area contributed by atoms with E-state index in [2.05, 4.69) is 76.8 Å². The Morgan fingerprint density at radius 2 is 1.88 bits per heavy atom. The summed E-state index contributed by atoms with van der Waals surface area (Å²) in [6.45, 7) is 4.45. The highest BCUT2D eigenvalue weighted by Crippen LogP contribution is 2.46. The first kappa shape index (κ1) is 29.7. The Bertz CT molecular complexity index is 1360. The Kier molecular flexibility index (Phi) is 8.81. The number of benzene rings is 1. The monoisotopic (exact) mass is 621 g/mol. The largest absolute Gasteiger partial charge is 0.507 e. The summed E-state index contributed by atoms with van der Waals surface area (Å²) >= 11 is 13.9. The van der Waals surface area contributed by atoms with E-state index < -0.39 is 14.7 Å². The molecule has 0 spiro atoms. The zero-order valence-corrected chi connectivity index (χ0v) is 25.8. The summed E-state index contributed by atoms with van der Waals surface area (Å²) in [4.78, 5) is 10.7. The molecule has 2 heterocycles. The lowest BCUT2D eigenvalue weighted by Gasteiger charge is -2.45. The molecule has 0 radical (unpaired) electrons. The third kappa shape index (κ3) is 6.82. The van der Waals surface area contributed by atoms with E-state index in [1.165, 1.54) is 6.07 Å². The standard InChI is InChI=1S/C28H33F2N5OS4/c1-3-9-27(2)10-8-20(29)22(13-27)35(17-5-6-17)24-15-32-26(34-33-24)18-7-4-16(11-23(18)36)19-12-25(31-14-21(19)30)40-28(37,38)39/h4,7,11-12,14-15,17,20,22,36-39H,3,5-6,8-10,13H2,1-2H3/t20-,22+,27+/m0/s1. The summed E-state index contributed by atoms with van der Waals surface area (Å²) in [6, 6.07) is 6.31. The van der Waals surface area contributed by atoms with Crippen molar-refractivity contribution < 1.29 is 13.9 Å². The van der Waals surface area contributed by atoms with Gasteiger partial charge in [0.15, 0.2) is 14.4 Å². The van der Waals surface area contributed by atoms with Gasteiger partial charge in [-0.3, -0.25) is 0 Å². The van der Waals surface area contributed by atoms with Gasteiger partial charge in [-0.25, -0.2) is 18.7 Å². The molecule has 6 nitrogen and oxygen atoms in total. The van der Waals surface area contributed by atoms with Crippen molar-refractivity contribution in [1.82, 2.24) is 20.2 Å². The fraction of sp³-hybridized carbons (Fsp3) is 0.500. The topological polar surface area (TPSA) is 75.0 Å². The molecule has 0 amide bonds. The first-order chi connectivity index (χ1) is 19.0. The molecule has 5 rings (SSSR count). The van der Waals surface area contributed by atoms with Crippen LogP contribution in [0.1, 0.15) is 58.8 Å². The maximum Gasteiger partial charge on any atom is 0.185 e. The lowest BCUT2D eigenvalue weighted by molar-refractivity contribution is 0.0994. The lowest BCUT2D eigenvalue weighted by atomic mass is 9.70. The van der Waals surface area contributed by atoms with Crippen LogP contribution in [0.2, 0.25) is 0 Å². The second kappa shape index (κ2) is 11.9. The molecule has 2 fully saturated rings. The van der Waals surface area contributed by atoms with Crippen molar-refractivity contribution in [3.8, 4) is 28.3 Å². The number of aromatic hydroxyl groups is 1. The number of halogens is 2. The minimum atomic E-state index is -0.989. The van der Waals surface area contributed by atoms with Crippen molar-refractivity contribution >= 4 is 55.5 Å². The Labute approximate surface area is 254 Å². The van der Waals surface area contributed by atoms with Crippen LogP contribution in [0.5, 0.6) is 5.75 Å². The maximum atomic E-state index is 15.3. The fourth-order valence-corrected chi connectivity index (χ4v) is 7.14. The maximum absolute atomic E-state index is 15.3. The van der Waals surface area contributed by atoms with Crippen LogP contribution in [0.4, 0.5) is 14.6 Å². The number of hydrogen-bond donors (Lipinski definition) is 4. The number of thiol groups is 3. The van der Waals surface area contributed by atoms with Crippen LogP contribution in [0.15, 0.2) is 41.7 Å². The number of pyridine rings is 1. The predicted octanol–water partition coefficient (Wildman–Crippen LogP) is 7.60. The van der Waals surface area contributed by atoms with Crippen molar-refractivity contribution in [2.45, 2.75) is 84.8 Å². The first-order valence-corrected chi connectivity index (χ1v) is 15.6. The third-order valence-electron chi connectivity index (χ3n) is 7.73. The second-order valence-electron chi connectivity index (χ2n) is 11.1. The Hall–Kier alpha value is -1.76. The molecule has 3 atom stereocenters. The number of rotatable bonds is 9. The van der Waals surface area contributed by atoms with Crippen LogP contribution in [-0.2, 0) is 0 Å². The number of thioether (sulfide) groups is 1. The Balaban J connectivity index is 1.39. The van der Waals surface area contributed by atoms with Crippen molar-refractivity contribution in [3.63, 3.8) is 0 Å². The van der Waals surface area contributed by atoms with E-state index in [4.69, 9.17) is 0 Å². The van der Waals surface area contributed by atoms with Gasteiger partial charge in [-0.15, -0.1) is 48.1 Å². The SMILES string of the molecule is CCC[C@]1(C)CC[C@H](F)[C@H](N(c2cnc(-c3ccc(-c4cc(SC(S)(S)S)ncc4F)cc3O)nn2)C2CC2)C1. The fourth-order valence-electron chi connectivity index (χ4n) is 5.73. The van der Waals surface area contributed by atoms with E-state index in [9.17, 15) is 9.50 Å². The lowest BCUT2D eigenvalue weighted by Crippen LogP contribution is -2.50. The highest BCUT2D eigenvalue weighted by Gasteiger charge is 2.45. The summed E-state index contributed by atoms with van der Waals surface area (Å²) in [5.74, 6) is 0.144. The first-order valence-electron chi connectivity index (χ1n) is 13.4. The van der Waals surface area contributed by atoms with Crippen LogP contribution < -0.4 is 4.90 Å². The van der Waals surface area contributed by atoms with Crippen molar-refractivity contribution in [3.05, 3.63) is 42.5 Å². The van der Waals surface area contributed by atoms with Gasteiger partial charge in [0, 0.05) is 11.6 Å². The van der Waals surface area contributed by atoms with Crippen LogP contribution >= 0.6 is 49.6 Å². The predicted molar refractivity (Wildman–Crippen MR) is 167 cm³/mol. The molecule has 3 aromatic rings. The minimum absolute atomic E-state index is 0.116. The molecule has 1 aromatic carbocycles. The molecular formula is C28H33F2N5OS4. The zero-order chi connectivity index (χ0) is 28.7. The molecule has 2 aliphatic rings. The van der Waals surface area contributed by atoms with Gasteiger partial charge in [-0.2, -0.15) is 0 Å². The molecule has 0 bridgehead atoms. The van der Waals surface area contributed by atoms with Gasteiger partial charge < -0.3 is 10.0 Å². The number of hydrogen-bond acceptors (Lipinski definition) is 10. The summed E-state index contributed by atoms with van der Waals surface area (Å²) < 4.78 is 28.9. The van der Waals surface area contributed by atoms with E-state index in [0.29, 0.717) is 28.4 Å². The van der Waals surface area contributed by atoms with Gasteiger partial charge in [-0.1, -0.05) is 38.1 Å². The van der Waals surface area contributed by atoms with Crippen molar-refractivity contribution in [1.29, 1.82) is 0 Å². The average Bonchev–Trinajstić information content (AvgIpc) is 3.73. The summed E-state index contributed by atoms with van der Waals surface area (Å²) in [7, 11) is 0. The van der Waals surface area contributed by atoms with Crippen LogP contribution in [0.25, 0.3) is 22.5 Å². The van der Waals surface area contributed by atoms with Gasteiger partial charge >= 0.3 is 0 Å². The van der Waals surface area contributed by atoms with E-state index in [1.54, 1.807) is 24.4 Å². The number of aromatic nitrogens is 4. The van der Waals surface area contributed by atoms with Gasteiger partial charge in [-0.05, 0) is 67.7 Å². The van der Waals surface area contributed by atoms with Crippen LogP contribution in [0, 0.1) is 11.2 Å². The minimum Gasteiger partial charge on any atom is -0.507 e. The molecule has 0 aliphatic heterocycles. The van der Waals surface area contributed by atoms with Crippen LogP contribution in [-0.4, -0.2) is 46.3 Å². The molecule has 0 unspecified atom stereocenters. The number of phenols is 1. The summed E-state index contributed by atoms with van der Waals surface area (Å²) in [6.07, 6.45) is 8.23. The molecule has 1 N–H and O–H groups in total. The number of anilines is 1. The molecular weight excluding hydrogens is 589 g/mol. The molecule has 214 valence electrons. The number of phenolic OH excluding ortho intramolecular Hbond substituents is 1. The normalized spacial score (nSPS) is 23.3. The third-order valence-corrected chi connectivity index (χ3v) is 9.26. The highest BCUT2D eigenvalue weighted by molar-refractivity contribution is 8.36. The molecule has 2 aromatic heterocycles. The van der Waals surface area contributed by atoms with Crippen molar-refractivity contribution in [2.75, 3.05) is 4.90 Å². The quantitative estimate of drug-likeness (QED) is 0.111. The molecule has 2 aliphatic carbocycles. The van der Waals surface area contributed by atoms with Gasteiger partial charge in [0.05, 0.1) is 29.0 Å². The van der Waals surface area contributed by atoms with E-state index in [1.807, 2.05) is 0 Å².